The van der Waals surface area contributed by atoms with Gasteiger partial charge in [0, 0.05) is 6.54 Å². The maximum atomic E-state index is 5.25. The molecule has 1 aliphatic rings. The molecule has 0 spiro atoms. The fourth-order valence-corrected chi connectivity index (χ4v) is 2.78. The first-order valence-electron chi connectivity index (χ1n) is 6.97. The van der Waals surface area contributed by atoms with Crippen molar-refractivity contribution in [3.63, 3.8) is 0 Å². The Morgan fingerprint density at radius 3 is 2.84 bits per heavy atom. The summed E-state index contributed by atoms with van der Waals surface area (Å²) in [5.41, 5.74) is 4.35. The second kappa shape index (κ2) is 6.71. The quantitative estimate of drug-likeness (QED) is 0.651. The summed E-state index contributed by atoms with van der Waals surface area (Å²) in [6, 6.07) is 7.07. The molecule has 0 aromatic heterocycles. The van der Waals surface area contributed by atoms with Gasteiger partial charge in [-0.1, -0.05) is 24.3 Å². The lowest BCUT2D eigenvalue weighted by Crippen LogP contribution is -2.36. The van der Waals surface area contributed by atoms with Gasteiger partial charge in [-0.15, -0.1) is 6.58 Å². The molecule has 2 N–H and O–H groups in total. The van der Waals surface area contributed by atoms with Crippen LogP contribution in [0.1, 0.15) is 42.5 Å². The van der Waals surface area contributed by atoms with Crippen molar-refractivity contribution >= 4 is 17.3 Å². The predicted molar refractivity (Wildman–Crippen MR) is 85.4 cm³/mol. The summed E-state index contributed by atoms with van der Waals surface area (Å²) in [6.45, 7) is 6.51. The predicted octanol–water partition coefficient (Wildman–Crippen LogP) is 3.28. The molecule has 0 aliphatic heterocycles. The van der Waals surface area contributed by atoms with Gasteiger partial charge >= 0.3 is 0 Å². The summed E-state index contributed by atoms with van der Waals surface area (Å²) in [6.07, 6.45) is 6.90. The maximum absolute atomic E-state index is 5.25. The number of hydrogen-bond acceptors (Lipinski definition) is 1. The molecule has 3 heteroatoms. The molecule has 2 nitrogen and oxygen atoms in total. The van der Waals surface area contributed by atoms with Crippen molar-refractivity contribution < 1.29 is 0 Å². The topological polar surface area (TPSA) is 24.1 Å². The number of thiocarbonyl (C=S) groups is 1. The molecule has 0 amide bonds. The van der Waals surface area contributed by atoms with Crippen LogP contribution in [0.15, 0.2) is 30.9 Å². The Kier molecular flexibility index (Phi) is 4.97. The molecule has 102 valence electrons. The number of aryl methyl sites for hydroxylation is 2. The van der Waals surface area contributed by atoms with Crippen LogP contribution in [0.5, 0.6) is 0 Å². The Morgan fingerprint density at radius 1 is 1.37 bits per heavy atom. The van der Waals surface area contributed by atoms with E-state index in [1.54, 1.807) is 6.08 Å². The molecule has 0 radical (unpaired) electrons. The molecule has 2 rings (SSSR count). The second-order valence-electron chi connectivity index (χ2n) is 5.10. The van der Waals surface area contributed by atoms with Gasteiger partial charge in [-0.05, 0) is 61.5 Å². The number of hydrogen-bond donors (Lipinski definition) is 2. The van der Waals surface area contributed by atoms with Crippen molar-refractivity contribution in [2.75, 3.05) is 6.54 Å². The van der Waals surface area contributed by atoms with Crippen LogP contribution >= 0.6 is 12.2 Å². The molecule has 1 aromatic rings. The number of nitrogens with one attached hydrogen (secondary N) is 2. The first-order chi connectivity index (χ1) is 9.20. The lowest BCUT2D eigenvalue weighted by molar-refractivity contribution is 0.672. The first-order valence-corrected chi connectivity index (χ1v) is 7.38. The van der Waals surface area contributed by atoms with Gasteiger partial charge in [0.05, 0.1) is 6.04 Å². The van der Waals surface area contributed by atoms with E-state index in [1.807, 2.05) is 0 Å². The van der Waals surface area contributed by atoms with Crippen molar-refractivity contribution in [1.29, 1.82) is 0 Å². The van der Waals surface area contributed by atoms with Gasteiger partial charge in [-0.3, -0.25) is 0 Å². The molecule has 1 aromatic carbocycles. The smallest absolute Gasteiger partial charge is 0.167 e. The third-order valence-electron chi connectivity index (χ3n) is 3.63. The number of rotatable bonds is 4. The molecule has 0 fully saturated rings. The lowest BCUT2D eigenvalue weighted by atomic mass is 9.89. The highest BCUT2D eigenvalue weighted by molar-refractivity contribution is 7.80. The third-order valence-corrected chi connectivity index (χ3v) is 3.89. The standard InChI is InChI=1S/C16H22N2S/c1-3-10-17-16(19)18-12(2)14-9-8-13-6-4-5-7-15(13)11-14/h3,8-9,11-12H,1,4-7,10H2,2H3,(H2,17,18,19)/t12-/m1/s1. The van der Waals surface area contributed by atoms with Gasteiger partial charge < -0.3 is 10.6 Å². The molecule has 1 aliphatic carbocycles. The van der Waals surface area contributed by atoms with Crippen LogP contribution in [0, 0.1) is 0 Å². The van der Waals surface area contributed by atoms with Crippen LogP contribution in [-0.2, 0) is 12.8 Å². The van der Waals surface area contributed by atoms with E-state index < -0.39 is 0 Å². The molecule has 0 unspecified atom stereocenters. The fraction of sp³-hybridized carbons (Fsp3) is 0.438. The summed E-state index contributed by atoms with van der Waals surface area (Å²) in [5, 5.41) is 7.09. The molecule has 0 bridgehead atoms. The highest BCUT2D eigenvalue weighted by Crippen LogP contribution is 2.24. The second-order valence-corrected chi connectivity index (χ2v) is 5.51. The zero-order chi connectivity index (χ0) is 13.7. The highest BCUT2D eigenvalue weighted by Gasteiger charge is 2.12. The summed E-state index contributed by atoms with van der Waals surface area (Å²) >= 11 is 5.25. The lowest BCUT2D eigenvalue weighted by Gasteiger charge is -2.21. The molecule has 0 heterocycles. The number of fused-ring (bicyclic) bond motifs is 1. The monoisotopic (exact) mass is 274 g/mol. The summed E-state index contributed by atoms with van der Waals surface area (Å²) < 4.78 is 0. The SMILES string of the molecule is C=CCNC(=S)N[C@H](C)c1ccc2c(c1)CCCC2. The normalized spacial score (nSPS) is 15.2. The van der Waals surface area contributed by atoms with Crippen molar-refractivity contribution in [3.05, 3.63) is 47.5 Å². The van der Waals surface area contributed by atoms with Crippen LogP contribution in [-0.4, -0.2) is 11.7 Å². The Morgan fingerprint density at radius 2 is 2.11 bits per heavy atom. The van der Waals surface area contributed by atoms with E-state index in [1.165, 1.54) is 42.4 Å². The van der Waals surface area contributed by atoms with Gasteiger partial charge in [0.2, 0.25) is 0 Å². The van der Waals surface area contributed by atoms with Gasteiger partial charge in [-0.2, -0.15) is 0 Å². The van der Waals surface area contributed by atoms with Crippen LogP contribution in [0.25, 0.3) is 0 Å². The van der Waals surface area contributed by atoms with Crippen LogP contribution in [0.2, 0.25) is 0 Å². The van der Waals surface area contributed by atoms with E-state index in [9.17, 15) is 0 Å². The molecule has 0 saturated carbocycles. The third kappa shape index (κ3) is 3.80. The Labute approximate surface area is 121 Å². The summed E-state index contributed by atoms with van der Waals surface area (Å²) in [4.78, 5) is 0. The first kappa shape index (κ1) is 14.1. The molecule has 0 saturated heterocycles. The zero-order valence-electron chi connectivity index (χ0n) is 11.5. The van der Waals surface area contributed by atoms with Crippen molar-refractivity contribution in [2.45, 2.75) is 38.6 Å². The van der Waals surface area contributed by atoms with E-state index >= 15 is 0 Å². The van der Waals surface area contributed by atoms with Crippen LogP contribution in [0.4, 0.5) is 0 Å². The van der Waals surface area contributed by atoms with E-state index in [-0.39, 0.29) is 6.04 Å². The van der Waals surface area contributed by atoms with Gasteiger partial charge in [0.25, 0.3) is 0 Å². The molecule has 19 heavy (non-hydrogen) atoms. The molecular weight excluding hydrogens is 252 g/mol. The van der Waals surface area contributed by atoms with Gasteiger partial charge in [-0.25, -0.2) is 0 Å². The van der Waals surface area contributed by atoms with Crippen molar-refractivity contribution in [3.8, 4) is 0 Å². The average molecular weight is 274 g/mol. The Hall–Kier alpha value is -1.35. The van der Waals surface area contributed by atoms with E-state index in [4.69, 9.17) is 12.2 Å². The zero-order valence-corrected chi connectivity index (χ0v) is 12.4. The minimum atomic E-state index is 0.233. The fourth-order valence-electron chi connectivity index (χ4n) is 2.52. The molecule has 1 atom stereocenters. The molecular formula is C16H22N2S. The average Bonchev–Trinajstić information content (AvgIpc) is 2.44. The van der Waals surface area contributed by atoms with E-state index in [0.29, 0.717) is 11.7 Å². The van der Waals surface area contributed by atoms with Crippen LogP contribution < -0.4 is 10.6 Å². The minimum absolute atomic E-state index is 0.233. The maximum Gasteiger partial charge on any atom is 0.167 e. The summed E-state index contributed by atoms with van der Waals surface area (Å²) in [7, 11) is 0. The van der Waals surface area contributed by atoms with Crippen LogP contribution in [0.3, 0.4) is 0 Å². The van der Waals surface area contributed by atoms with Gasteiger partial charge in [0.1, 0.15) is 0 Å². The van der Waals surface area contributed by atoms with E-state index in [2.05, 4.69) is 42.3 Å². The summed E-state index contributed by atoms with van der Waals surface area (Å²) in [5.74, 6) is 0. The van der Waals surface area contributed by atoms with Gasteiger partial charge in [0.15, 0.2) is 5.11 Å². The highest BCUT2D eigenvalue weighted by atomic mass is 32.1. The number of benzene rings is 1. The van der Waals surface area contributed by atoms with Crippen molar-refractivity contribution in [1.82, 2.24) is 10.6 Å². The van der Waals surface area contributed by atoms with Crippen molar-refractivity contribution in [2.24, 2.45) is 0 Å². The largest absolute Gasteiger partial charge is 0.359 e. The van der Waals surface area contributed by atoms with E-state index in [0.717, 1.165) is 0 Å². The Bertz CT molecular complexity index is 468. The minimum Gasteiger partial charge on any atom is -0.359 e. The Balaban J connectivity index is 2.00.